The molecular formula is C24H46O4. The molecule has 0 atom stereocenters. The molecule has 0 N–H and O–H groups in total. The number of esters is 2. The molecule has 0 saturated heterocycles. The van der Waals surface area contributed by atoms with Gasteiger partial charge in [-0.3, -0.25) is 9.59 Å². The molecule has 0 fully saturated rings. The smallest absolute Gasteiger partial charge is 0.314 e. The van der Waals surface area contributed by atoms with E-state index >= 15 is 0 Å². The minimum atomic E-state index is -0.569. The quantitative estimate of drug-likeness (QED) is 0.138. The topological polar surface area (TPSA) is 52.6 Å². The van der Waals surface area contributed by atoms with Crippen molar-refractivity contribution in [1.82, 2.24) is 0 Å². The van der Waals surface area contributed by atoms with Crippen LogP contribution in [0.3, 0.4) is 0 Å². The summed E-state index contributed by atoms with van der Waals surface area (Å²) in [5.41, 5.74) is -0.569. The van der Waals surface area contributed by atoms with Crippen LogP contribution in [0, 0.1) is 5.41 Å². The molecule has 0 unspecified atom stereocenters. The zero-order chi connectivity index (χ0) is 21.1. The van der Waals surface area contributed by atoms with Gasteiger partial charge in [-0.15, -0.1) is 0 Å². The van der Waals surface area contributed by atoms with E-state index < -0.39 is 5.41 Å². The predicted octanol–water partition coefficient (Wildman–Crippen LogP) is 7.34. The summed E-state index contributed by atoms with van der Waals surface area (Å²) in [6.45, 7) is 7.31. The highest BCUT2D eigenvalue weighted by Gasteiger charge is 2.23. The summed E-state index contributed by atoms with van der Waals surface area (Å²) in [5.74, 6) is -0.635. The Bertz CT molecular complexity index is 385. The molecule has 0 saturated carbocycles. The fraction of sp³-hybridized carbons (Fsp3) is 0.917. The Hall–Kier alpha value is -1.06. The van der Waals surface area contributed by atoms with Gasteiger partial charge in [-0.05, 0) is 27.2 Å². The highest BCUT2D eigenvalue weighted by atomic mass is 16.7. The molecule has 0 rings (SSSR count). The highest BCUT2D eigenvalue weighted by molar-refractivity contribution is 5.75. The Kier molecular flexibility index (Phi) is 17.3. The van der Waals surface area contributed by atoms with Gasteiger partial charge in [0.2, 0.25) is 6.79 Å². The van der Waals surface area contributed by atoms with Crippen molar-refractivity contribution in [3.05, 3.63) is 0 Å². The SMILES string of the molecule is CCCCCCCCCCCCCCCCCC(=O)OCOC(=O)C(C)(C)C. The van der Waals surface area contributed by atoms with Gasteiger partial charge in [0.1, 0.15) is 0 Å². The second-order valence-electron chi connectivity index (χ2n) is 9.02. The van der Waals surface area contributed by atoms with Crippen molar-refractivity contribution >= 4 is 11.9 Å². The minimum absolute atomic E-state index is 0.270. The van der Waals surface area contributed by atoms with Crippen molar-refractivity contribution in [3.8, 4) is 0 Å². The molecule has 0 amide bonds. The lowest BCUT2D eigenvalue weighted by Crippen LogP contribution is -2.24. The van der Waals surface area contributed by atoms with Crippen LogP contribution in [0.5, 0.6) is 0 Å². The zero-order valence-electron chi connectivity index (χ0n) is 19.2. The average molecular weight is 399 g/mol. The van der Waals surface area contributed by atoms with E-state index in [1.54, 1.807) is 20.8 Å². The van der Waals surface area contributed by atoms with Crippen molar-refractivity contribution in [2.75, 3.05) is 6.79 Å². The number of hydrogen-bond acceptors (Lipinski definition) is 4. The van der Waals surface area contributed by atoms with Gasteiger partial charge < -0.3 is 9.47 Å². The van der Waals surface area contributed by atoms with Crippen LogP contribution in [0.4, 0.5) is 0 Å². The zero-order valence-corrected chi connectivity index (χ0v) is 19.2. The van der Waals surface area contributed by atoms with Gasteiger partial charge >= 0.3 is 11.9 Å². The fourth-order valence-corrected chi connectivity index (χ4v) is 3.08. The molecule has 4 nitrogen and oxygen atoms in total. The van der Waals surface area contributed by atoms with Gasteiger partial charge in [0.25, 0.3) is 0 Å². The van der Waals surface area contributed by atoms with Crippen molar-refractivity contribution in [1.29, 1.82) is 0 Å². The second-order valence-corrected chi connectivity index (χ2v) is 9.02. The van der Waals surface area contributed by atoms with Crippen LogP contribution in [0.2, 0.25) is 0 Å². The largest absolute Gasteiger partial charge is 0.428 e. The van der Waals surface area contributed by atoms with E-state index in [0.717, 1.165) is 12.8 Å². The number of carbonyl (C=O) groups is 2. The van der Waals surface area contributed by atoms with E-state index in [1.807, 2.05) is 0 Å². The molecule has 28 heavy (non-hydrogen) atoms. The molecule has 0 aliphatic carbocycles. The summed E-state index contributed by atoms with van der Waals surface area (Å²) in [7, 11) is 0. The maximum Gasteiger partial charge on any atom is 0.314 e. The van der Waals surface area contributed by atoms with Crippen LogP contribution < -0.4 is 0 Å². The molecule has 0 radical (unpaired) electrons. The average Bonchev–Trinajstić information content (AvgIpc) is 2.64. The first-order valence-electron chi connectivity index (χ1n) is 11.7. The summed E-state index contributed by atoms with van der Waals surface area (Å²) < 4.78 is 9.87. The fourth-order valence-electron chi connectivity index (χ4n) is 3.08. The van der Waals surface area contributed by atoms with E-state index in [9.17, 15) is 9.59 Å². The van der Waals surface area contributed by atoms with E-state index in [4.69, 9.17) is 9.47 Å². The Labute approximate surface area is 174 Å². The lowest BCUT2D eigenvalue weighted by Gasteiger charge is -2.16. The van der Waals surface area contributed by atoms with Gasteiger partial charge in [-0.1, -0.05) is 96.8 Å². The molecule has 0 heterocycles. The van der Waals surface area contributed by atoms with Crippen LogP contribution in [0.1, 0.15) is 130 Å². The Morgan fingerprint density at radius 1 is 0.607 bits per heavy atom. The number of ether oxygens (including phenoxy) is 2. The minimum Gasteiger partial charge on any atom is -0.428 e. The molecule has 0 aliphatic rings. The van der Waals surface area contributed by atoms with Gasteiger partial charge in [0.15, 0.2) is 0 Å². The lowest BCUT2D eigenvalue weighted by molar-refractivity contribution is -0.173. The first kappa shape index (κ1) is 26.9. The number of carbonyl (C=O) groups excluding carboxylic acids is 2. The van der Waals surface area contributed by atoms with Crippen LogP contribution >= 0.6 is 0 Å². The maximum atomic E-state index is 11.6. The van der Waals surface area contributed by atoms with Crippen molar-refractivity contribution < 1.29 is 19.1 Å². The van der Waals surface area contributed by atoms with Gasteiger partial charge in [-0.25, -0.2) is 0 Å². The summed E-state index contributed by atoms with van der Waals surface area (Å²) >= 11 is 0. The molecule has 0 aliphatic heterocycles. The van der Waals surface area contributed by atoms with Gasteiger partial charge in [-0.2, -0.15) is 0 Å². The summed E-state index contributed by atoms with van der Waals surface area (Å²) in [6.07, 6.45) is 20.0. The number of hydrogen-bond donors (Lipinski definition) is 0. The third-order valence-corrected chi connectivity index (χ3v) is 5.01. The third kappa shape index (κ3) is 18.3. The molecule has 0 bridgehead atoms. The first-order valence-corrected chi connectivity index (χ1v) is 11.7. The predicted molar refractivity (Wildman–Crippen MR) is 116 cm³/mol. The molecule has 0 aromatic rings. The summed E-state index contributed by atoms with van der Waals surface area (Å²) in [4.78, 5) is 23.1. The van der Waals surface area contributed by atoms with Crippen LogP contribution in [-0.4, -0.2) is 18.7 Å². The molecule has 0 aromatic heterocycles. The second kappa shape index (κ2) is 18.0. The van der Waals surface area contributed by atoms with Crippen molar-refractivity contribution in [2.24, 2.45) is 5.41 Å². The Morgan fingerprint density at radius 2 is 1.00 bits per heavy atom. The van der Waals surface area contributed by atoms with Gasteiger partial charge in [0.05, 0.1) is 5.41 Å². The molecule has 0 aromatic carbocycles. The Balaban J connectivity index is 3.26. The van der Waals surface area contributed by atoms with Gasteiger partial charge in [0, 0.05) is 6.42 Å². The normalized spacial score (nSPS) is 11.4. The molecule has 0 spiro atoms. The van der Waals surface area contributed by atoms with Crippen molar-refractivity contribution in [2.45, 2.75) is 130 Å². The molecule has 4 heteroatoms. The first-order chi connectivity index (χ1) is 13.4. The Morgan fingerprint density at radius 3 is 1.39 bits per heavy atom. The van der Waals surface area contributed by atoms with Crippen LogP contribution in [0.15, 0.2) is 0 Å². The van der Waals surface area contributed by atoms with E-state index in [2.05, 4.69) is 6.92 Å². The van der Waals surface area contributed by atoms with E-state index in [0.29, 0.717) is 6.42 Å². The number of unbranched alkanes of at least 4 members (excludes halogenated alkanes) is 14. The summed E-state index contributed by atoms with van der Waals surface area (Å²) in [6, 6.07) is 0. The maximum absolute atomic E-state index is 11.6. The highest BCUT2D eigenvalue weighted by Crippen LogP contribution is 2.15. The van der Waals surface area contributed by atoms with Crippen LogP contribution in [0.25, 0.3) is 0 Å². The van der Waals surface area contributed by atoms with Crippen LogP contribution in [-0.2, 0) is 19.1 Å². The summed E-state index contributed by atoms with van der Waals surface area (Å²) in [5, 5.41) is 0. The van der Waals surface area contributed by atoms with E-state index in [-0.39, 0.29) is 18.7 Å². The molecular weight excluding hydrogens is 352 g/mol. The monoisotopic (exact) mass is 398 g/mol. The van der Waals surface area contributed by atoms with Crippen molar-refractivity contribution in [3.63, 3.8) is 0 Å². The third-order valence-electron chi connectivity index (χ3n) is 5.01. The lowest BCUT2D eigenvalue weighted by atomic mass is 9.98. The van der Waals surface area contributed by atoms with E-state index in [1.165, 1.54) is 83.5 Å². The number of rotatable bonds is 18. The molecule has 166 valence electrons. The standard InChI is InChI=1S/C24H46O4/c1-5-6-7-8-9-10-11-12-13-14-15-16-17-18-19-20-22(25)27-21-28-23(26)24(2,3)4/h5-21H2,1-4H3.